The molecule has 208 valence electrons. The van der Waals surface area contributed by atoms with Crippen LogP contribution in [0.2, 0.25) is 0 Å². The van der Waals surface area contributed by atoms with Crippen molar-refractivity contribution in [2.45, 2.75) is 12.8 Å². The molecule has 10 nitrogen and oxygen atoms in total. The Balaban J connectivity index is 2.25. The predicted molar refractivity (Wildman–Crippen MR) is 145 cm³/mol. The van der Waals surface area contributed by atoms with E-state index in [1.807, 2.05) is 0 Å². The fraction of sp³-hybridized carbons (Fsp3) is 0.379. The zero-order valence-electron chi connectivity index (χ0n) is 22.9. The van der Waals surface area contributed by atoms with Crippen LogP contribution in [0.25, 0.3) is 21.9 Å². The molecule has 0 aromatic heterocycles. The molecule has 0 amide bonds. The van der Waals surface area contributed by atoms with E-state index in [0.29, 0.717) is 53.9 Å². The number of ether oxygens (including phenoxy) is 6. The van der Waals surface area contributed by atoms with Gasteiger partial charge in [-0.15, -0.1) is 0 Å². The molecule has 2 N–H and O–H groups in total. The number of phenolic OH excluding ortho intramolecular Hbond substituents is 1. The molecule has 39 heavy (non-hydrogen) atoms. The van der Waals surface area contributed by atoms with Crippen LogP contribution < -0.4 is 29.0 Å². The van der Waals surface area contributed by atoms with Gasteiger partial charge < -0.3 is 38.8 Å². The normalized spacial score (nSPS) is 13.6. The van der Waals surface area contributed by atoms with Gasteiger partial charge in [-0.2, -0.15) is 0 Å². The van der Waals surface area contributed by atoms with E-state index in [-0.39, 0.29) is 45.3 Å². The second-order valence-corrected chi connectivity index (χ2v) is 8.99. The lowest BCUT2D eigenvalue weighted by molar-refractivity contribution is 0.0596. The molecule has 1 saturated heterocycles. The van der Waals surface area contributed by atoms with Gasteiger partial charge in [0, 0.05) is 22.3 Å². The SMILES string of the molecule is COC(=O)c1c(C(=O)C2CCNCC2)c(O)c2cc(OC)c(OC)c(OC)c2c1-c1ccc(OC)c(OC)c1. The van der Waals surface area contributed by atoms with E-state index < -0.39 is 11.9 Å². The van der Waals surface area contributed by atoms with Gasteiger partial charge in [-0.25, -0.2) is 4.79 Å². The maximum absolute atomic E-state index is 14.0. The molecule has 1 aliphatic rings. The summed E-state index contributed by atoms with van der Waals surface area (Å²) in [6.07, 6.45) is 1.13. The van der Waals surface area contributed by atoms with Crippen molar-refractivity contribution in [3.8, 4) is 45.6 Å². The molecule has 0 saturated carbocycles. The molecule has 3 aromatic carbocycles. The number of aromatic hydroxyl groups is 1. The first-order chi connectivity index (χ1) is 18.9. The average Bonchev–Trinajstić information content (AvgIpc) is 2.99. The van der Waals surface area contributed by atoms with Crippen LogP contribution in [-0.4, -0.2) is 72.6 Å². The third-order valence-electron chi connectivity index (χ3n) is 7.09. The molecule has 0 aliphatic carbocycles. The van der Waals surface area contributed by atoms with E-state index in [1.54, 1.807) is 24.3 Å². The number of phenols is 1. The second kappa shape index (κ2) is 11.7. The number of carbonyl (C=O) groups is 2. The topological polar surface area (TPSA) is 122 Å². The number of rotatable bonds is 9. The molecule has 1 aliphatic heterocycles. The van der Waals surface area contributed by atoms with Gasteiger partial charge in [-0.1, -0.05) is 6.07 Å². The van der Waals surface area contributed by atoms with Crippen LogP contribution in [0.3, 0.4) is 0 Å². The van der Waals surface area contributed by atoms with Crippen LogP contribution in [0.1, 0.15) is 33.6 Å². The Labute approximate surface area is 226 Å². The van der Waals surface area contributed by atoms with E-state index in [0.717, 1.165) is 0 Å². The summed E-state index contributed by atoms with van der Waals surface area (Å²) < 4.78 is 33.1. The zero-order chi connectivity index (χ0) is 28.3. The first kappa shape index (κ1) is 27.8. The molecule has 4 rings (SSSR count). The summed E-state index contributed by atoms with van der Waals surface area (Å²) in [6, 6.07) is 6.67. The first-order valence-corrected chi connectivity index (χ1v) is 12.4. The van der Waals surface area contributed by atoms with Gasteiger partial charge in [0.15, 0.2) is 28.8 Å². The number of methoxy groups -OCH3 is 6. The Bertz CT molecular complexity index is 1410. The third-order valence-corrected chi connectivity index (χ3v) is 7.09. The van der Waals surface area contributed by atoms with Gasteiger partial charge in [0.25, 0.3) is 0 Å². The van der Waals surface area contributed by atoms with Crippen LogP contribution >= 0.6 is 0 Å². The zero-order valence-corrected chi connectivity index (χ0v) is 22.9. The summed E-state index contributed by atoms with van der Waals surface area (Å²) in [5.41, 5.74) is 0.623. The summed E-state index contributed by atoms with van der Waals surface area (Å²) in [5, 5.41) is 15.5. The van der Waals surface area contributed by atoms with Crippen molar-refractivity contribution in [3.63, 3.8) is 0 Å². The van der Waals surface area contributed by atoms with Crippen molar-refractivity contribution >= 4 is 22.5 Å². The minimum Gasteiger partial charge on any atom is -0.507 e. The van der Waals surface area contributed by atoms with Crippen LogP contribution in [0.5, 0.6) is 34.5 Å². The van der Waals surface area contributed by atoms with E-state index >= 15 is 0 Å². The van der Waals surface area contributed by atoms with Gasteiger partial charge in [-0.3, -0.25) is 4.79 Å². The van der Waals surface area contributed by atoms with Crippen LogP contribution in [0, 0.1) is 5.92 Å². The Kier molecular flexibility index (Phi) is 8.35. The van der Waals surface area contributed by atoms with Crippen LogP contribution in [0.4, 0.5) is 0 Å². The van der Waals surface area contributed by atoms with Crippen molar-refractivity contribution in [2.24, 2.45) is 5.92 Å². The Morgan fingerprint density at radius 3 is 2.00 bits per heavy atom. The summed E-state index contributed by atoms with van der Waals surface area (Å²) in [4.78, 5) is 27.5. The van der Waals surface area contributed by atoms with Crippen molar-refractivity contribution in [1.29, 1.82) is 0 Å². The highest BCUT2D eigenvalue weighted by Gasteiger charge is 2.36. The molecule has 0 atom stereocenters. The molecule has 0 bridgehead atoms. The molecule has 3 aromatic rings. The van der Waals surface area contributed by atoms with Crippen molar-refractivity contribution < 1.29 is 43.1 Å². The third kappa shape index (κ3) is 4.76. The smallest absolute Gasteiger partial charge is 0.339 e. The van der Waals surface area contributed by atoms with Crippen molar-refractivity contribution in [3.05, 3.63) is 35.4 Å². The molecular formula is C29H33NO9. The minimum absolute atomic E-state index is 0.0798. The van der Waals surface area contributed by atoms with Crippen molar-refractivity contribution in [1.82, 2.24) is 5.32 Å². The molecule has 0 radical (unpaired) electrons. The number of hydrogen-bond donors (Lipinski definition) is 2. The second-order valence-electron chi connectivity index (χ2n) is 8.99. The number of hydrogen-bond acceptors (Lipinski definition) is 10. The number of fused-ring (bicyclic) bond motifs is 1. The summed E-state index contributed by atoms with van der Waals surface area (Å²) in [7, 11) is 8.60. The quantitative estimate of drug-likeness (QED) is 0.302. The van der Waals surface area contributed by atoms with Gasteiger partial charge in [-0.05, 0) is 49.7 Å². The van der Waals surface area contributed by atoms with E-state index in [9.17, 15) is 14.7 Å². The van der Waals surface area contributed by atoms with E-state index in [2.05, 4.69) is 5.32 Å². The van der Waals surface area contributed by atoms with Crippen LogP contribution in [-0.2, 0) is 4.74 Å². The number of benzene rings is 3. The maximum Gasteiger partial charge on any atom is 0.339 e. The number of Topliss-reactive ketones (excluding diaryl/α,β-unsaturated/α-hetero) is 1. The standard InChI is InChI=1S/C29H33NO9/c1-34-18-8-7-16(13-19(18)35-2)21-22-17(14-20(36-3)27(37-4)28(22)38-5)26(32)24(23(21)29(33)39-6)25(31)15-9-11-30-12-10-15/h7-8,13-15,30,32H,9-12H2,1-6H3. The Hall–Kier alpha value is -4.18. The fourth-order valence-corrected chi connectivity index (χ4v) is 5.21. The number of nitrogens with one attached hydrogen (secondary N) is 1. The van der Waals surface area contributed by atoms with Gasteiger partial charge in [0.1, 0.15) is 5.75 Å². The highest BCUT2D eigenvalue weighted by Crippen LogP contribution is 2.53. The monoisotopic (exact) mass is 539 g/mol. The molecule has 1 fully saturated rings. The molecule has 10 heteroatoms. The number of esters is 1. The largest absolute Gasteiger partial charge is 0.507 e. The molecule has 0 spiro atoms. The lowest BCUT2D eigenvalue weighted by atomic mass is 9.81. The number of carbonyl (C=O) groups excluding carboxylic acids is 2. The lowest BCUT2D eigenvalue weighted by Gasteiger charge is -2.26. The minimum atomic E-state index is -0.786. The van der Waals surface area contributed by atoms with E-state index in [1.165, 1.54) is 42.7 Å². The van der Waals surface area contributed by atoms with Gasteiger partial charge >= 0.3 is 5.97 Å². The van der Waals surface area contributed by atoms with Gasteiger partial charge in [0.2, 0.25) is 5.75 Å². The van der Waals surface area contributed by atoms with Crippen molar-refractivity contribution in [2.75, 3.05) is 55.7 Å². The number of ketones is 1. The summed E-state index contributed by atoms with van der Waals surface area (Å²) in [6.45, 7) is 1.30. The molecule has 1 heterocycles. The first-order valence-electron chi connectivity index (χ1n) is 12.4. The molecule has 0 unspecified atom stereocenters. The average molecular weight is 540 g/mol. The van der Waals surface area contributed by atoms with Crippen LogP contribution in [0.15, 0.2) is 24.3 Å². The van der Waals surface area contributed by atoms with E-state index in [4.69, 9.17) is 28.4 Å². The fourth-order valence-electron chi connectivity index (χ4n) is 5.21. The summed E-state index contributed by atoms with van der Waals surface area (Å²) in [5.74, 6) is -0.270. The Morgan fingerprint density at radius 2 is 1.44 bits per heavy atom. The highest BCUT2D eigenvalue weighted by molar-refractivity contribution is 6.22. The lowest BCUT2D eigenvalue weighted by Crippen LogP contribution is -2.32. The maximum atomic E-state index is 14.0. The van der Waals surface area contributed by atoms with Gasteiger partial charge in [0.05, 0.1) is 53.8 Å². The molecular weight excluding hydrogens is 506 g/mol. The number of piperidine rings is 1. The highest BCUT2D eigenvalue weighted by atomic mass is 16.5. The summed E-state index contributed by atoms with van der Waals surface area (Å²) >= 11 is 0. The predicted octanol–water partition coefficient (Wildman–Crippen LogP) is 4.22. The Morgan fingerprint density at radius 1 is 0.795 bits per heavy atom.